The molecule has 0 fully saturated rings. The molecule has 27 heavy (non-hydrogen) atoms. The van der Waals surface area contributed by atoms with E-state index in [1.807, 2.05) is 0 Å². The maximum Gasteiger partial charge on any atom is 0.361 e. The summed E-state index contributed by atoms with van der Waals surface area (Å²) >= 11 is 0. The lowest BCUT2D eigenvalue weighted by Crippen LogP contribution is -2.18. The molecule has 0 aliphatic rings. The molecular formula is C18H18N6O3. The van der Waals surface area contributed by atoms with Gasteiger partial charge in [0.15, 0.2) is 0 Å². The van der Waals surface area contributed by atoms with Gasteiger partial charge in [0.05, 0.1) is 0 Å². The second-order valence-electron chi connectivity index (χ2n) is 6.00. The minimum absolute atomic E-state index is 0.104. The summed E-state index contributed by atoms with van der Waals surface area (Å²) in [6.07, 6.45) is 0. The van der Waals surface area contributed by atoms with Crippen molar-refractivity contribution in [1.29, 1.82) is 0 Å². The number of nitrogens with one attached hydrogen (secondary N) is 3. The maximum atomic E-state index is 12.4. The number of hydrogen-bond acceptors (Lipinski definition) is 6. The van der Waals surface area contributed by atoms with E-state index >= 15 is 0 Å². The van der Waals surface area contributed by atoms with Crippen molar-refractivity contribution in [3.8, 4) is 11.8 Å². The van der Waals surface area contributed by atoms with E-state index in [9.17, 15) is 9.59 Å². The molecular weight excluding hydrogens is 348 g/mol. The molecule has 9 heteroatoms. The number of ether oxygens (including phenoxy) is 1. The van der Waals surface area contributed by atoms with Crippen LogP contribution in [0.25, 0.3) is 0 Å². The number of anilines is 2. The fourth-order valence-electron chi connectivity index (χ4n) is 2.14. The maximum absolute atomic E-state index is 12.4. The van der Waals surface area contributed by atoms with Crippen molar-refractivity contribution in [3.05, 3.63) is 54.1 Å². The van der Waals surface area contributed by atoms with Crippen LogP contribution in [-0.4, -0.2) is 32.4 Å². The lowest BCUT2D eigenvalue weighted by atomic mass is 10.1. The number of aromatic nitrogens is 4. The molecule has 1 aromatic heterocycles. The average Bonchev–Trinajstić information content (AvgIpc) is 3.16. The molecule has 0 saturated carbocycles. The second kappa shape index (κ2) is 8.09. The number of rotatable bonds is 6. The topological polar surface area (TPSA) is 122 Å². The van der Waals surface area contributed by atoms with Gasteiger partial charge in [0.2, 0.25) is 5.91 Å². The summed E-state index contributed by atoms with van der Waals surface area (Å²) in [7, 11) is 0. The summed E-state index contributed by atoms with van der Waals surface area (Å²) in [4.78, 5) is 24.2. The largest absolute Gasteiger partial charge is 0.422 e. The van der Waals surface area contributed by atoms with Crippen LogP contribution in [0.5, 0.6) is 11.8 Å². The van der Waals surface area contributed by atoms with E-state index in [4.69, 9.17) is 4.74 Å². The Hall–Kier alpha value is -3.75. The van der Waals surface area contributed by atoms with E-state index in [0.29, 0.717) is 22.7 Å². The summed E-state index contributed by atoms with van der Waals surface area (Å²) in [5.41, 5.74) is 1.60. The van der Waals surface area contributed by atoms with Gasteiger partial charge in [-0.25, -0.2) is 0 Å². The van der Waals surface area contributed by atoms with Crippen molar-refractivity contribution in [2.24, 2.45) is 5.92 Å². The Kier molecular flexibility index (Phi) is 5.41. The Balaban J connectivity index is 1.64. The predicted molar refractivity (Wildman–Crippen MR) is 98.6 cm³/mol. The molecule has 9 nitrogen and oxygen atoms in total. The number of carbonyl (C=O) groups is 2. The minimum atomic E-state index is -0.289. The summed E-state index contributed by atoms with van der Waals surface area (Å²) in [5.74, 6) is -0.0318. The van der Waals surface area contributed by atoms with Gasteiger partial charge in [-0.3, -0.25) is 9.59 Å². The third kappa shape index (κ3) is 4.88. The summed E-state index contributed by atoms with van der Waals surface area (Å²) in [5, 5.41) is 18.6. The molecule has 0 aliphatic heterocycles. The van der Waals surface area contributed by atoms with Crippen LogP contribution in [-0.2, 0) is 4.79 Å². The summed E-state index contributed by atoms with van der Waals surface area (Å²) in [6, 6.07) is 13.6. The smallest absolute Gasteiger partial charge is 0.361 e. The minimum Gasteiger partial charge on any atom is -0.422 e. The van der Waals surface area contributed by atoms with E-state index in [-0.39, 0.29) is 23.7 Å². The van der Waals surface area contributed by atoms with Gasteiger partial charge in [-0.05, 0) is 47.7 Å². The first-order valence-electron chi connectivity index (χ1n) is 8.25. The van der Waals surface area contributed by atoms with Gasteiger partial charge in [0, 0.05) is 22.9 Å². The van der Waals surface area contributed by atoms with Gasteiger partial charge in [-0.1, -0.05) is 30.1 Å². The zero-order chi connectivity index (χ0) is 19.2. The first-order valence-corrected chi connectivity index (χ1v) is 8.25. The van der Waals surface area contributed by atoms with Crippen LogP contribution in [0.1, 0.15) is 24.2 Å². The van der Waals surface area contributed by atoms with Crippen molar-refractivity contribution in [1.82, 2.24) is 20.6 Å². The number of carbonyl (C=O) groups excluding carboxylic acids is 2. The Morgan fingerprint density at radius 2 is 1.81 bits per heavy atom. The summed E-state index contributed by atoms with van der Waals surface area (Å²) < 4.78 is 5.37. The first-order chi connectivity index (χ1) is 13.0. The van der Waals surface area contributed by atoms with Crippen LogP contribution in [0.2, 0.25) is 0 Å². The average molecular weight is 366 g/mol. The number of tetrazole rings is 1. The molecule has 0 aliphatic carbocycles. The highest BCUT2D eigenvalue weighted by molar-refractivity contribution is 6.05. The second-order valence-corrected chi connectivity index (χ2v) is 6.00. The molecule has 2 amide bonds. The Labute approximate surface area is 155 Å². The fourth-order valence-corrected chi connectivity index (χ4v) is 2.14. The molecule has 138 valence electrons. The van der Waals surface area contributed by atoms with Crippen LogP contribution in [0, 0.1) is 5.92 Å². The van der Waals surface area contributed by atoms with E-state index in [1.54, 1.807) is 62.4 Å². The first kappa shape index (κ1) is 18.1. The molecule has 3 N–H and O–H groups in total. The zero-order valence-electron chi connectivity index (χ0n) is 14.8. The van der Waals surface area contributed by atoms with Gasteiger partial charge in [0.25, 0.3) is 5.91 Å². The molecule has 0 atom stereocenters. The number of amides is 2. The Morgan fingerprint density at radius 3 is 2.48 bits per heavy atom. The standard InChI is InChI=1S/C18H18N6O3/c1-11(2)16(25)20-14-5-3-4-12(10-14)17(26)19-13-6-8-15(9-7-13)27-18-21-23-24-22-18/h3-11H,1-2H3,(H,19,26)(H,20,25)(H,21,22,23,24). The molecule has 1 heterocycles. The molecule has 3 aromatic rings. The van der Waals surface area contributed by atoms with Gasteiger partial charge in [-0.15, -0.1) is 0 Å². The number of benzene rings is 2. The SMILES string of the molecule is CC(C)C(=O)Nc1cccc(C(=O)Nc2ccc(Oc3nn[nH]n3)cc2)c1. The Bertz CT molecular complexity index is 923. The van der Waals surface area contributed by atoms with E-state index < -0.39 is 0 Å². The molecule has 0 saturated heterocycles. The molecule has 0 bridgehead atoms. The molecule has 0 unspecified atom stereocenters. The van der Waals surface area contributed by atoms with Crippen LogP contribution in [0.15, 0.2) is 48.5 Å². The van der Waals surface area contributed by atoms with Crippen molar-refractivity contribution in [2.75, 3.05) is 10.6 Å². The number of H-pyrrole nitrogens is 1. The van der Waals surface area contributed by atoms with E-state index in [0.717, 1.165) is 0 Å². The van der Waals surface area contributed by atoms with Crippen LogP contribution in [0.3, 0.4) is 0 Å². The van der Waals surface area contributed by atoms with Crippen molar-refractivity contribution >= 4 is 23.2 Å². The van der Waals surface area contributed by atoms with Crippen molar-refractivity contribution in [3.63, 3.8) is 0 Å². The number of hydrogen-bond donors (Lipinski definition) is 3. The highest BCUT2D eigenvalue weighted by atomic mass is 16.5. The van der Waals surface area contributed by atoms with Crippen molar-refractivity contribution < 1.29 is 14.3 Å². The quantitative estimate of drug-likeness (QED) is 0.617. The lowest BCUT2D eigenvalue weighted by molar-refractivity contribution is -0.118. The monoisotopic (exact) mass is 366 g/mol. The predicted octanol–water partition coefficient (Wildman–Crippen LogP) is 2.84. The van der Waals surface area contributed by atoms with E-state index in [1.165, 1.54) is 0 Å². The van der Waals surface area contributed by atoms with Crippen molar-refractivity contribution in [2.45, 2.75) is 13.8 Å². The molecule has 0 radical (unpaired) electrons. The normalized spacial score (nSPS) is 10.5. The van der Waals surface area contributed by atoms with Gasteiger partial charge < -0.3 is 15.4 Å². The molecule has 0 spiro atoms. The third-order valence-corrected chi connectivity index (χ3v) is 3.56. The zero-order valence-corrected chi connectivity index (χ0v) is 14.8. The van der Waals surface area contributed by atoms with Gasteiger partial charge in [0.1, 0.15) is 5.75 Å². The molecule has 2 aromatic carbocycles. The highest BCUT2D eigenvalue weighted by Crippen LogP contribution is 2.20. The van der Waals surface area contributed by atoms with Crippen LogP contribution < -0.4 is 15.4 Å². The molecule has 3 rings (SSSR count). The van der Waals surface area contributed by atoms with Gasteiger partial charge >= 0.3 is 6.01 Å². The van der Waals surface area contributed by atoms with E-state index in [2.05, 4.69) is 31.3 Å². The number of nitrogens with zero attached hydrogens (tertiary/aromatic N) is 3. The third-order valence-electron chi connectivity index (χ3n) is 3.56. The number of aromatic amines is 1. The Morgan fingerprint density at radius 1 is 1.04 bits per heavy atom. The highest BCUT2D eigenvalue weighted by Gasteiger charge is 2.10. The van der Waals surface area contributed by atoms with Gasteiger partial charge in [-0.2, -0.15) is 5.21 Å². The summed E-state index contributed by atoms with van der Waals surface area (Å²) in [6.45, 7) is 3.61. The fraction of sp³-hybridized carbons (Fsp3) is 0.167. The lowest BCUT2D eigenvalue weighted by Gasteiger charge is -2.10. The van der Waals surface area contributed by atoms with Crippen LogP contribution in [0.4, 0.5) is 11.4 Å². The van der Waals surface area contributed by atoms with Crippen LogP contribution >= 0.6 is 0 Å².